The Bertz CT molecular complexity index is 1210. The highest BCUT2D eigenvalue weighted by atomic mass is 32.2. The average Bonchev–Trinajstić information content (AvgIpc) is 3.11. The Balaban J connectivity index is 1.81. The molecule has 0 radical (unpaired) electrons. The molecule has 2 aromatic carbocycles. The molecule has 138 valence electrons. The van der Waals surface area contributed by atoms with Gasteiger partial charge in [0, 0.05) is 22.0 Å². The van der Waals surface area contributed by atoms with Gasteiger partial charge in [0.15, 0.2) is 16.6 Å². The Morgan fingerprint density at radius 2 is 2.04 bits per heavy atom. The van der Waals surface area contributed by atoms with Crippen LogP contribution in [0.4, 0.5) is 5.13 Å². The molecule has 1 aliphatic rings. The van der Waals surface area contributed by atoms with Crippen LogP contribution in [0, 0.1) is 0 Å². The van der Waals surface area contributed by atoms with Crippen molar-refractivity contribution in [2.45, 2.75) is 18.2 Å². The summed E-state index contributed by atoms with van der Waals surface area (Å²) in [6, 6.07) is 10.2. The monoisotopic (exact) mass is 401 g/mol. The Kier molecular flexibility index (Phi) is 4.12. The van der Waals surface area contributed by atoms with Crippen LogP contribution in [-0.4, -0.2) is 24.4 Å². The van der Waals surface area contributed by atoms with E-state index in [1.54, 1.807) is 36.5 Å². The van der Waals surface area contributed by atoms with Gasteiger partial charge in [-0.05, 0) is 17.9 Å². The van der Waals surface area contributed by atoms with Gasteiger partial charge in [-0.2, -0.15) is 0 Å². The van der Waals surface area contributed by atoms with Crippen LogP contribution in [0.5, 0.6) is 0 Å². The summed E-state index contributed by atoms with van der Waals surface area (Å²) in [6.07, 6.45) is 2.41. The fraction of sp³-hybridized carbons (Fsp3) is 0.111. The number of aryl methyl sites for hydroxylation is 1. The van der Waals surface area contributed by atoms with E-state index in [1.165, 1.54) is 17.4 Å². The van der Waals surface area contributed by atoms with Crippen LogP contribution >= 0.6 is 11.3 Å². The number of aliphatic hydroxyl groups is 1. The first-order chi connectivity index (χ1) is 12.9. The third-order valence-corrected chi connectivity index (χ3v) is 6.73. The van der Waals surface area contributed by atoms with Crippen LogP contribution in [0.1, 0.15) is 17.4 Å². The van der Waals surface area contributed by atoms with Gasteiger partial charge >= 0.3 is 0 Å². The smallest absolute Gasteiger partial charge is 0.278 e. The molecule has 0 unspecified atom stereocenters. The number of hydrogen-bond acceptors (Lipinski definition) is 6. The molecule has 0 atom stereocenters. The van der Waals surface area contributed by atoms with Gasteiger partial charge in [-0.25, -0.2) is 13.4 Å². The third-order valence-electron chi connectivity index (χ3n) is 4.23. The first-order valence-electron chi connectivity index (χ1n) is 8.15. The number of anilines is 1. The van der Waals surface area contributed by atoms with E-state index in [9.17, 15) is 18.3 Å². The minimum absolute atomic E-state index is 0.0443. The van der Waals surface area contributed by atoms with Crippen molar-refractivity contribution in [1.82, 2.24) is 9.71 Å². The summed E-state index contributed by atoms with van der Waals surface area (Å²) in [4.78, 5) is 17.6. The van der Waals surface area contributed by atoms with Crippen molar-refractivity contribution in [2.75, 3.05) is 5.32 Å². The van der Waals surface area contributed by atoms with E-state index in [-0.39, 0.29) is 10.5 Å². The Hall–Kier alpha value is -2.91. The molecule has 0 spiro atoms. The first kappa shape index (κ1) is 17.5. The molecule has 3 N–H and O–H groups in total. The van der Waals surface area contributed by atoms with Crippen molar-refractivity contribution in [3.63, 3.8) is 0 Å². The van der Waals surface area contributed by atoms with Crippen LogP contribution < -0.4 is 10.0 Å². The Morgan fingerprint density at radius 1 is 1.26 bits per heavy atom. The predicted molar refractivity (Wildman–Crippen MR) is 104 cm³/mol. The number of fused-ring (bicyclic) bond motifs is 3. The number of aliphatic hydroxyl groups excluding tert-OH is 1. The summed E-state index contributed by atoms with van der Waals surface area (Å²) < 4.78 is 27.8. The number of carbonyl (C=O) groups is 1. The molecular formula is C18H15N3O4S2. The van der Waals surface area contributed by atoms with E-state index in [0.29, 0.717) is 10.5 Å². The number of hydrogen-bond donors (Lipinski definition) is 3. The maximum absolute atomic E-state index is 12.8. The molecule has 0 saturated carbocycles. The summed E-state index contributed by atoms with van der Waals surface area (Å²) in [5.74, 6) is -1.19. The fourth-order valence-corrected chi connectivity index (χ4v) is 5.17. The number of aromatic nitrogens is 1. The molecule has 0 fully saturated rings. The van der Waals surface area contributed by atoms with Gasteiger partial charge in [0.25, 0.3) is 15.9 Å². The normalized spacial score (nSPS) is 15.3. The largest absolute Gasteiger partial charge is 0.505 e. The molecule has 1 aromatic heterocycles. The third kappa shape index (κ3) is 2.94. The van der Waals surface area contributed by atoms with E-state index < -0.39 is 27.4 Å². The summed E-state index contributed by atoms with van der Waals surface area (Å²) >= 11 is 1.29. The summed E-state index contributed by atoms with van der Waals surface area (Å²) in [5.41, 5.74) is -0.336. The zero-order valence-corrected chi connectivity index (χ0v) is 15.8. The van der Waals surface area contributed by atoms with Crippen LogP contribution in [0.25, 0.3) is 16.5 Å². The molecular weight excluding hydrogens is 386 g/mol. The highest BCUT2D eigenvalue weighted by Crippen LogP contribution is 2.35. The zero-order chi connectivity index (χ0) is 19.2. The molecule has 1 aliphatic heterocycles. The topological polar surface area (TPSA) is 108 Å². The van der Waals surface area contributed by atoms with Crippen molar-refractivity contribution in [2.24, 2.45) is 0 Å². The maximum atomic E-state index is 12.8. The lowest BCUT2D eigenvalue weighted by atomic mass is 10.0. The van der Waals surface area contributed by atoms with Gasteiger partial charge in [0.05, 0.1) is 0 Å². The summed E-state index contributed by atoms with van der Waals surface area (Å²) in [6.45, 7) is 1.96. The van der Waals surface area contributed by atoms with Crippen LogP contribution in [0.3, 0.4) is 0 Å². The average molecular weight is 401 g/mol. The van der Waals surface area contributed by atoms with E-state index >= 15 is 0 Å². The second kappa shape index (κ2) is 6.36. The van der Waals surface area contributed by atoms with Crippen LogP contribution in [-0.2, 0) is 21.2 Å². The van der Waals surface area contributed by atoms with Crippen molar-refractivity contribution in [1.29, 1.82) is 0 Å². The second-order valence-electron chi connectivity index (χ2n) is 5.93. The molecule has 0 bridgehead atoms. The lowest BCUT2D eigenvalue weighted by molar-refractivity contribution is -0.113. The van der Waals surface area contributed by atoms with Gasteiger partial charge in [0.1, 0.15) is 4.90 Å². The van der Waals surface area contributed by atoms with E-state index in [4.69, 9.17) is 0 Å². The highest BCUT2D eigenvalue weighted by molar-refractivity contribution is 7.90. The van der Waals surface area contributed by atoms with E-state index in [0.717, 1.165) is 16.7 Å². The first-order valence-corrected chi connectivity index (χ1v) is 10.4. The van der Waals surface area contributed by atoms with Crippen molar-refractivity contribution in [3.05, 3.63) is 58.7 Å². The molecule has 27 heavy (non-hydrogen) atoms. The minimum Gasteiger partial charge on any atom is -0.505 e. The van der Waals surface area contributed by atoms with Gasteiger partial charge in [0.2, 0.25) is 0 Å². The molecule has 9 heteroatoms. The Labute approximate surface area is 159 Å². The number of benzene rings is 2. The number of nitrogens with one attached hydrogen (secondary N) is 2. The summed E-state index contributed by atoms with van der Waals surface area (Å²) in [7, 11) is -4.03. The number of carbonyl (C=O) groups excluding carboxylic acids is 1. The molecule has 4 rings (SSSR count). The van der Waals surface area contributed by atoms with Gasteiger partial charge in [-0.1, -0.05) is 37.3 Å². The molecule has 7 nitrogen and oxygen atoms in total. The number of sulfonamides is 1. The minimum atomic E-state index is -4.03. The Morgan fingerprint density at radius 3 is 2.78 bits per heavy atom. The SMILES string of the molecule is CCc1cnc(NC(=O)C2=C(O)c3ccc4ccccc4c3S(=O)(=O)N2)s1. The van der Waals surface area contributed by atoms with Crippen LogP contribution in [0.2, 0.25) is 0 Å². The molecule has 2 heterocycles. The number of amides is 1. The van der Waals surface area contributed by atoms with E-state index in [1.807, 2.05) is 6.92 Å². The quantitative estimate of drug-likeness (QED) is 0.625. The highest BCUT2D eigenvalue weighted by Gasteiger charge is 2.34. The van der Waals surface area contributed by atoms with Crippen molar-refractivity contribution < 1.29 is 18.3 Å². The lowest BCUT2D eigenvalue weighted by Gasteiger charge is -2.22. The standard InChI is InChI=1S/C18H15N3O4S2/c1-2-11-9-19-18(26-11)20-17(23)14-15(22)13-8-7-10-5-3-4-6-12(10)16(13)27(24,25)21-14/h3-9,21-22H,2H2,1H3,(H,19,20,23). The molecule has 0 aliphatic carbocycles. The molecule has 0 saturated heterocycles. The van der Waals surface area contributed by atoms with Crippen LogP contribution in [0.15, 0.2) is 53.2 Å². The summed E-state index contributed by atoms with van der Waals surface area (Å²) in [5, 5.41) is 14.6. The van der Waals surface area contributed by atoms with Crippen molar-refractivity contribution >= 4 is 48.9 Å². The zero-order valence-electron chi connectivity index (χ0n) is 14.2. The predicted octanol–water partition coefficient (Wildman–Crippen LogP) is 3.02. The number of rotatable bonds is 3. The molecule has 1 amide bonds. The number of nitrogens with zero attached hydrogens (tertiary/aromatic N) is 1. The van der Waals surface area contributed by atoms with Gasteiger partial charge < -0.3 is 5.11 Å². The van der Waals surface area contributed by atoms with Crippen molar-refractivity contribution in [3.8, 4) is 0 Å². The van der Waals surface area contributed by atoms with Gasteiger partial charge in [-0.3, -0.25) is 14.8 Å². The second-order valence-corrected chi connectivity index (χ2v) is 8.67. The lowest BCUT2D eigenvalue weighted by Crippen LogP contribution is -2.35. The number of thiazole rings is 1. The maximum Gasteiger partial charge on any atom is 0.278 e. The van der Waals surface area contributed by atoms with E-state index in [2.05, 4.69) is 15.0 Å². The fourth-order valence-electron chi connectivity index (χ4n) is 2.93. The molecule has 3 aromatic rings. The van der Waals surface area contributed by atoms with Gasteiger partial charge in [-0.15, -0.1) is 11.3 Å².